The summed E-state index contributed by atoms with van der Waals surface area (Å²) in [6.45, 7) is 9.06. The highest BCUT2D eigenvalue weighted by molar-refractivity contribution is 5.95. The molecule has 0 bridgehead atoms. The van der Waals surface area contributed by atoms with Gasteiger partial charge >= 0.3 is 0 Å². The number of benzene rings is 1. The van der Waals surface area contributed by atoms with Gasteiger partial charge in [0.05, 0.1) is 25.5 Å². The second kappa shape index (κ2) is 9.73. The van der Waals surface area contributed by atoms with Crippen LogP contribution in [0.2, 0.25) is 0 Å². The largest absolute Gasteiger partial charge is 0.493 e. The number of hydrogen-bond acceptors (Lipinski definition) is 5. The number of likely N-dealkylation sites (tertiary alicyclic amines) is 1. The van der Waals surface area contributed by atoms with Gasteiger partial charge in [-0.1, -0.05) is 32.0 Å². The predicted molar refractivity (Wildman–Crippen MR) is 122 cm³/mol. The standard InChI is InChI=1S/C24H33N5O3/c1-18-13-19(2)15-28(14-18)22(30)17-26-9-11-27(12-10-26)24(31)23-21(32-3)16-29(25-23)20-7-5-4-6-8-20/h4-8,16,18-19H,9-15,17H2,1-3H3. The van der Waals surface area contributed by atoms with Crippen molar-refractivity contribution in [1.29, 1.82) is 0 Å². The first-order valence-corrected chi connectivity index (χ1v) is 11.4. The number of rotatable bonds is 5. The van der Waals surface area contributed by atoms with Gasteiger partial charge in [-0.15, -0.1) is 0 Å². The maximum atomic E-state index is 13.1. The summed E-state index contributed by atoms with van der Waals surface area (Å²) in [6, 6.07) is 9.65. The third kappa shape index (κ3) is 4.96. The van der Waals surface area contributed by atoms with Crippen LogP contribution in [0, 0.1) is 11.8 Å². The van der Waals surface area contributed by atoms with Gasteiger partial charge in [0.25, 0.3) is 5.91 Å². The molecule has 1 aromatic carbocycles. The van der Waals surface area contributed by atoms with E-state index < -0.39 is 0 Å². The smallest absolute Gasteiger partial charge is 0.278 e. The quantitative estimate of drug-likeness (QED) is 0.714. The van der Waals surface area contributed by atoms with E-state index in [1.165, 1.54) is 6.42 Å². The molecule has 32 heavy (non-hydrogen) atoms. The zero-order valence-corrected chi connectivity index (χ0v) is 19.2. The molecule has 0 spiro atoms. The van der Waals surface area contributed by atoms with E-state index in [4.69, 9.17) is 4.74 Å². The maximum Gasteiger partial charge on any atom is 0.278 e. The third-order valence-electron chi connectivity index (χ3n) is 6.36. The number of piperidine rings is 1. The molecule has 0 radical (unpaired) electrons. The number of methoxy groups -OCH3 is 1. The lowest BCUT2D eigenvalue weighted by atomic mass is 9.92. The minimum atomic E-state index is -0.138. The molecular formula is C24H33N5O3. The van der Waals surface area contributed by atoms with Crippen LogP contribution in [0.1, 0.15) is 30.8 Å². The number of para-hydroxylation sites is 1. The molecule has 2 aliphatic heterocycles. The zero-order valence-electron chi connectivity index (χ0n) is 19.2. The molecule has 0 saturated carbocycles. The number of ether oxygens (including phenoxy) is 1. The Bertz CT molecular complexity index is 926. The Morgan fingerprint density at radius 2 is 1.66 bits per heavy atom. The third-order valence-corrected chi connectivity index (χ3v) is 6.36. The SMILES string of the molecule is COc1cn(-c2ccccc2)nc1C(=O)N1CCN(CC(=O)N2CC(C)CC(C)C2)CC1. The molecule has 4 rings (SSSR count). The first-order chi connectivity index (χ1) is 15.4. The van der Waals surface area contributed by atoms with E-state index in [0.29, 0.717) is 56.0 Å². The van der Waals surface area contributed by atoms with Crippen molar-refractivity contribution in [1.82, 2.24) is 24.5 Å². The van der Waals surface area contributed by atoms with Crippen molar-refractivity contribution in [2.45, 2.75) is 20.3 Å². The van der Waals surface area contributed by atoms with Gasteiger partial charge in [0, 0.05) is 39.3 Å². The maximum absolute atomic E-state index is 13.1. The topological polar surface area (TPSA) is 70.9 Å². The number of carbonyl (C=O) groups is 2. The molecule has 0 aliphatic carbocycles. The van der Waals surface area contributed by atoms with Gasteiger partial charge in [-0.3, -0.25) is 14.5 Å². The minimum absolute atomic E-state index is 0.138. The van der Waals surface area contributed by atoms with Crippen molar-refractivity contribution < 1.29 is 14.3 Å². The Balaban J connectivity index is 1.35. The van der Waals surface area contributed by atoms with Crippen LogP contribution >= 0.6 is 0 Å². The molecule has 2 aromatic rings. The van der Waals surface area contributed by atoms with Crippen molar-refractivity contribution in [3.8, 4) is 11.4 Å². The van der Waals surface area contributed by atoms with Gasteiger partial charge < -0.3 is 14.5 Å². The lowest BCUT2D eigenvalue weighted by Gasteiger charge is -2.38. The Morgan fingerprint density at radius 3 is 2.28 bits per heavy atom. The van der Waals surface area contributed by atoms with Crippen LogP contribution in [0.4, 0.5) is 0 Å². The molecule has 2 aliphatic rings. The van der Waals surface area contributed by atoms with Crippen molar-refractivity contribution in [3.63, 3.8) is 0 Å². The normalized spacial score (nSPS) is 22.1. The average Bonchev–Trinajstić information content (AvgIpc) is 3.23. The van der Waals surface area contributed by atoms with Crippen LogP contribution in [-0.4, -0.2) is 89.2 Å². The Kier molecular flexibility index (Phi) is 6.79. The van der Waals surface area contributed by atoms with E-state index in [1.54, 1.807) is 22.9 Å². The number of hydrogen-bond donors (Lipinski definition) is 0. The van der Waals surface area contributed by atoms with E-state index in [-0.39, 0.29) is 11.8 Å². The molecule has 2 amide bonds. The second-order valence-electron chi connectivity index (χ2n) is 9.14. The van der Waals surface area contributed by atoms with E-state index in [1.807, 2.05) is 35.2 Å². The van der Waals surface area contributed by atoms with Gasteiger partial charge in [-0.05, 0) is 30.4 Å². The first-order valence-electron chi connectivity index (χ1n) is 11.4. The Morgan fingerprint density at radius 1 is 1.00 bits per heavy atom. The van der Waals surface area contributed by atoms with Crippen LogP contribution in [0.3, 0.4) is 0 Å². The van der Waals surface area contributed by atoms with Crippen molar-refractivity contribution in [3.05, 3.63) is 42.2 Å². The highest BCUT2D eigenvalue weighted by atomic mass is 16.5. The average molecular weight is 440 g/mol. The second-order valence-corrected chi connectivity index (χ2v) is 9.14. The van der Waals surface area contributed by atoms with Crippen molar-refractivity contribution in [2.24, 2.45) is 11.8 Å². The molecule has 2 unspecified atom stereocenters. The fourth-order valence-corrected chi connectivity index (χ4v) is 4.79. The lowest BCUT2D eigenvalue weighted by Crippen LogP contribution is -2.53. The molecule has 3 heterocycles. The Hall–Kier alpha value is -2.87. The van der Waals surface area contributed by atoms with Crippen LogP contribution in [0.15, 0.2) is 36.5 Å². The van der Waals surface area contributed by atoms with Gasteiger partial charge in [0.1, 0.15) is 0 Å². The van der Waals surface area contributed by atoms with Crippen molar-refractivity contribution in [2.75, 3.05) is 52.9 Å². The summed E-state index contributed by atoms with van der Waals surface area (Å²) in [7, 11) is 1.55. The highest BCUT2D eigenvalue weighted by Crippen LogP contribution is 2.23. The summed E-state index contributed by atoms with van der Waals surface area (Å²) < 4.78 is 7.09. The molecule has 2 atom stereocenters. The van der Waals surface area contributed by atoms with Crippen LogP contribution in [0.5, 0.6) is 5.75 Å². The molecule has 0 N–H and O–H groups in total. The summed E-state index contributed by atoms with van der Waals surface area (Å²) in [5.41, 5.74) is 1.19. The van der Waals surface area contributed by atoms with Crippen LogP contribution < -0.4 is 4.74 Å². The first kappa shape index (κ1) is 22.3. The molecule has 2 saturated heterocycles. The van der Waals surface area contributed by atoms with Gasteiger partial charge in [0.2, 0.25) is 5.91 Å². The van der Waals surface area contributed by atoms with Crippen molar-refractivity contribution >= 4 is 11.8 Å². The van der Waals surface area contributed by atoms with E-state index in [0.717, 1.165) is 18.8 Å². The molecule has 1 aromatic heterocycles. The number of amides is 2. The van der Waals surface area contributed by atoms with E-state index in [2.05, 4.69) is 23.8 Å². The highest BCUT2D eigenvalue weighted by Gasteiger charge is 2.30. The van der Waals surface area contributed by atoms with Gasteiger partial charge in [0.15, 0.2) is 11.4 Å². The molecular weight excluding hydrogens is 406 g/mol. The predicted octanol–water partition coefficient (Wildman–Crippen LogP) is 2.14. The summed E-state index contributed by atoms with van der Waals surface area (Å²) in [4.78, 5) is 31.9. The van der Waals surface area contributed by atoms with E-state index >= 15 is 0 Å². The Labute approximate surface area is 189 Å². The fraction of sp³-hybridized carbons (Fsp3) is 0.542. The number of aromatic nitrogens is 2. The van der Waals surface area contributed by atoms with Gasteiger partial charge in [-0.2, -0.15) is 5.10 Å². The molecule has 2 fully saturated rings. The van der Waals surface area contributed by atoms with Gasteiger partial charge in [-0.25, -0.2) is 4.68 Å². The number of piperazine rings is 1. The molecule has 8 nitrogen and oxygen atoms in total. The molecule has 8 heteroatoms. The summed E-state index contributed by atoms with van der Waals surface area (Å²) in [5.74, 6) is 1.64. The monoisotopic (exact) mass is 439 g/mol. The lowest BCUT2D eigenvalue weighted by molar-refractivity contribution is -0.135. The molecule has 172 valence electrons. The van der Waals surface area contributed by atoms with E-state index in [9.17, 15) is 9.59 Å². The summed E-state index contributed by atoms with van der Waals surface area (Å²) in [6.07, 6.45) is 2.92. The fourth-order valence-electron chi connectivity index (χ4n) is 4.79. The summed E-state index contributed by atoms with van der Waals surface area (Å²) >= 11 is 0. The zero-order chi connectivity index (χ0) is 22.7. The van der Waals surface area contributed by atoms with Crippen LogP contribution in [-0.2, 0) is 4.79 Å². The number of carbonyl (C=O) groups excluding carboxylic acids is 2. The van der Waals surface area contributed by atoms with Crippen LogP contribution in [0.25, 0.3) is 5.69 Å². The minimum Gasteiger partial charge on any atom is -0.493 e. The summed E-state index contributed by atoms with van der Waals surface area (Å²) in [5, 5.41) is 4.50. The number of nitrogens with zero attached hydrogens (tertiary/aromatic N) is 5.